The van der Waals surface area contributed by atoms with Crippen molar-refractivity contribution in [3.63, 3.8) is 0 Å². The molecule has 1 heterocycles. The number of aryl methyl sites for hydroxylation is 1. The number of nitrogens with one attached hydrogen (secondary N) is 1. The van der Waals surface area contributed by atoms with E-state index in [1.807, 2.05) is 26.0 Å². The summed E-state index contributed by atoms with van der Waals surface area (Å²) in [6.45, 7) is 3.86. The van der Waals surface area contributed by atoms with E-state index in [1.165, 1.54) is 9.75 Å². The normalized spacial score (nSPS) is 14.1. The molecule has 1 rings (SSSR count). The van der Waals surface area contributed by atoms with E-state index in [1.54, 1.807) is 11.3 Å². The standard InChI is InChI=1S/C9H14ClNO2S2/c1-7(11-15(12,13)6-10)5-9-4-3-8(2)14-9/h3-4,7,11H,5-6H2,1-2H3. The van der Waals surface area contributed by atoms with Crippen LogP contribution in [0.3, 0.4) is 0 Å². The van der Waals surface area contributed by atoms with Crippen molar-refractivity contribution in [2.75, 3.05) is 5.21 Å². The molecule has 0 bridgehead atoms. The lowest BCUT2D eigenvalue weighted by molar-refractivity contribution is 0.565. The Morgan fingerprint density at radius 1 is 1.53 bits per heavy atom. The highest BCUT2D eigenvalue weighted by atomic mass is 35.5. The molecule has 1 aromatic rings. The monoisotopic (exact) mass is 267 g/mol. The van der Waals surface area contributed by atoms with Crippen LogP contribution in [0.1, 0.15) is 16.7 Å². The maximum atomic E-state index is 11.2. The van der Waals surface area contributed by atoms with Gasteiger partial charge in [0.2, 0.25) is 10.0 Å². The molecule has 0 amide bonds. The van der Waals surface area contributed by atoms with Crippen LogP contribution in [0.2, 0.25) is 0 Å². The molecular weight excluding hydrogens is 254 g/mol. The molecule has 1 aromatic heterocycles. The van der Waals surface area contributed by atoms with Gasteiger partial charge in [0.25, 0.3) is 0 Å². The molecule has 86 valence electrons. The number of hydrogen-bond donors (Lipinski definition) is 1. The van der Waals surface area contributed by atoms with Crippen molar-refractivity contribution in [1.29, 1.82) is 0 Å². The van der Waals surface area contributed by atoms with Gasteiger partial charge in [-0.2, -0.15) is 0 Å². The summed E-state index contributed by atoms with van der Waals surface area (Å²) >= 11 is 6.98. The third kappa shape index (κ3) is 4.51. The Hall–Kier alpha value is -0.100. The van der Waals surface area contributed by atoms with Crippen molar-refractivity contribution in [2.24, 2.45) is 0 Å². The quantitative estimate of drug-likeness (QED) is 0.831. The van der Waals surface area contributed by atoms with Crippen molar-refractivity contribution in [3.8, 4) is 0 Å². The highest BCUT2D eigenvalue weighted by molar-refractivity contribution is 7.90. The van der Waals surface area contributed by atoms with Gasteiger partial charge in [0, 0.05) is 15.8 Å². The molecule has 0 aliphatic heterocycles. The summed E-state index contributed by atoms with van der Waals surface area (Å²) < 4.78 is 24.8. The fourth-order valence-electron chi connectivity index (χ4n) is 1.28. The van der Waals surface area contributed by atoms with Gasteiger partial charge in [0.1, 0.15) is 5.21 Å². The fraction of sp³-hybridized carbons (Fsp3) is 0.556. The van der Waals surface area contributed by atoms with E-state index < -0.39 is 10.0 Å². The molecule has 0 aromatic carbocycles. The Labute approximate surface area is 99.5 Å². The SMILES string of the molecule is Cc1ccc(CC(C)NS(=O)(=O)CCl)s1. The van der Waals surface area contributed by atoms with Crippen molar-refractivity contribution in [2.45, 2.75) is 26.3 Å². The van der Waals surface area contributed by atoms with E-state index in [4.69, 9.17) is 11.6 Å². The molecule has 0 aliphatic carbocycles. The number of rotatable bonds is 5. The first-order valence-electron chi connectivity index (χ1n) is 4.54. The molecule has 15 heavy (non-hydrogen) atoms. The maximum Gasteiger partial charge on any atom is 0.225 e. The van der Waals surface area contributed by atoms with Crippen LogP contribution in [0.25, 0.3) is 0 Å². The van der Waals surface area contributed by atoms with Crippen molar-refractivity contribution in [3.05, 3.63) is 21.9 Å². The topological polar surface area (TPSA) is 46.2 Å². The van der Waals surface area contributed by atoms with Crippen molar-refractivity contribution >= 4 is 33.0 Å². The minimum atomic E-state index is -3.31. The lowest BCUT2D eigenvalue weighted by atomic mass is 10.2. The Morgan fingerprint density at radius 2 is 2.20 bits per heavy atom. The Morgan fingerprint density at radius 3 is 2.67 bits per heavy atom. The van der Waals surface area contributed by atoms with Crippen LogP contribution < -0.4 is 4.72 Å². The van der Waals surface area contributed by atoms with Gasteiger partial charge >= 0.3 is 0 Å². The zero-order chi connectivity index (χ0) is 11.5. The number of hydrogen-bond acceptors (Lipinski definition) is 3. The van der Waals surface area contributed by atoms with Gasteiger partial charge in [-0.1, -0.05) is 0 Å². The van der Waals surface area contributed by atoms with Gasteiger partial charge in [-0.05, 0) is 32.4 Å². The summed E-state index contributed by atoms with van der Waals surface area (Å²) in [5.74, 6) is 0. The number of sulfonamides is 1. The van der Waals surface area contributed by atoms with E-state index in [0.717, 1.165) is 0 Å². The molecule has 1 N–H and O–H groups in total. The first kappa shape index (κ1) is 13.0. The lowest BCUT2D eigenvalue weighted by Crippen LogP contribution is -2.34. The highest BCUT2D eigenvalue weighted by Crippen LogP contribution is 2.16. The minimum absolute atomic E-state index is 0.119. The molecule has 0 fully saturated rings. The summed E-state index contributed by atoms with van der Waals surface area (Å²) in [5, 5.41) is -0.388. The summed E-state index contributed by atoms with van der Waals surface area (Å²) in [4.78, 5) is 2.41. The van der Waals surface area contributed by atoms with Gasteiger partial charge in [0.15, 0.2) is 0 Å². The highest BCUT2D eigenvalue weighted by Gasteiger charge is 2.13. The summed E-state index contributed by atoms with van der Waals surface area (Å²) in [5.41, 5.74) is 0. The lowest BCUT2D eigenvalue weighted by Gasteiger charge is -2.11. The zero-order valence-corrected chi connectivity index (χ0v) is 11.0. The van der Waals surface area contributed by atoms with E-state index in [0.29, 0.717) is 6.42 Å². The van der Waals surface area contributed by atoms with Gasteiger partial charge in [-0.15, -0.1) is 22.9 Å². The van der Waals surface area contributed by atoms with Gasteiger partial charge in [0.05, 0.1) is 0 Å². The number of halogens is 1. The fourth-order valence-corrected chi connectivity index (χ4v) is 3.24. The van der Waals surface area contributed by atoms with E-state index in [-0.39, 0.29) is 11.3 Å². The molecule has 0 radical (unpaired) electrons. The molecule has 6 heteroatoms. The molecule has 0 saturated carbocycles. The second-order valence-electron chi connectivity index (χ2n) is 3.46. The Bertz CT molecular complexity index is 414. The van der Waals surface area contributed by atoms with E-state index in [9.17, 15) is 8.42 Å². The molecule has 1 unspecified atom stereocenters. The Balaban J connectivity index is 2.53. The summed E-state index contributed by atoms with van der Waals surface area (Å²) in [6, 6.07) is 3.93. The predicted octanol–water partition coefficient (Wildman–Crippen LogP) is 2.10. The van der Waals surface area contributed by atoms with Crippen LogP contribution in [-0.2, 0) is 16.4 Å². The molecule has 0 saturated heterocycles. The van der Waals surface area contributed by atoms with Crippen LogP contribution in [0.5, 0.6) is 0 Å². The second-order valence-corrected chi connectivity index (χ2v) is 7.17. The molecule has 0 aliphatic rings. The van der Waals surface area contributed by atoms with Crippen LogP contribution >= 0.6 is 22.9 Å². The first-order chi connectivity index (χ1) is 6.93. The molecule has 3 nitrogen and oxygen atoms in total. The number of alkyl halides is 1. The first-order valence-corrected chi connectivity index (χ1v) is 7.54. The smallest absolute Gasteiger partial charge is 0.211 e. The second kappa shape index (κ2) is 5.30. The largest absolute Gasteiger partial charge is 0.225 e. The third-order valence-corrected chi connectivity index (χ3v) is 4.76. The van der Waals surface area contributed by atoms with Crippen LogP contribution in [-0.4, -0.2) is 19.7 Å². The summed E-state index contributed by atoms with van der Waals surface area (Å²) in [6.07, 6.45) is 0.703. The summed E-state index contributed by atoms with van der Waals surface area (Å²) in [7, 11) is -3.31. The van der Waals surface area contributed by atoms with E-state index >= 15 is 0 Å². The maximum absolute atomic E-state index is 11.2. The average molecular weight is 268 g/mol. The van der Waals surface area contributed by atoms with Crippen LogP contribution in [0, 0.1) is 6.92 Å². The van der Waals surface area contributed by atoms with Gasteiger partial charge in [-0.25, -0.2) is 13.1 Å². The third-order valence-electron chi connectivity index (χ3n) is 1.83. The van der Waals surface area contributed by atoms with Gasteiger partial charge < -0.3 is 0 Å². The van der Waals surface area contributed by atoms with E-state index in [2.05, 4.69) is 4.72 Å². The molecular formula is C9H14ClNO2S2. The molecule has 1 atom stereocenters. The molecule has 0 spiro atoms. The van der Waals surface area contributed by atoms with Crippen molar-refractivity contribution < 1.29 is 8.42 Å². The van der Waals surface area contributed by atoms with Crippen LogP contribution in [0.4, 0.5) is 0 Å². The zero-order valence-electron chi connectivity index (χ0n) is 8.66. The number of thiophene rings is 1. The van der Waals surface area contributed by atoms with Crippen LogP contribution in [0.15, 0.2) is 12.1 Å². The predicted molar refractivity (Wildman–Crippen MR) is 65.0 cm³/mol. The minimum Gasteiger partial charge on any atom is -0.211 e. The Kier molecular flexibility index (Phi) is 4.58. The van der Waals surface area contributed by atoms with Crippen molar-refractivity contribution in [1.82, 2.24) is 4.72 Å². The average Bonchev–Trinajstić information content (AvgIpc) is 2.50. The van der Waals surface area contributed by atoms with Gasteiger partial charge in [-0.3, -0.25) is 0 Å².